The summed E-state index contributed by atoms with van der Waals surface area (Å²) in [6, 6.07) is 19.2. The van der Waals surface area contributed by atoms with Gasteiger partial charge in [0, 0.05) is 19.4 Å². The first kappa shape index (κ1) is 21.4. The Balaban J connectivity index is 1.44. The lowest BCUT2D eigenvalue weighted by Gasteiger charge is -2.41. The van der Waals surface area contributed by atoms with Crippen LogP contribution in [0.4, 0.5) is 4.39 Å². The van der Waals surface area contributed by atoms with E-state index >= 15 is 0 Å². The molecule has 5 nitrogen and oxygen atoms in total. The molecular formula is C27H25ClFN3O2. The monoisotopic (exact) mass is 477 g/mol. The van der Waals surface area contributed by atoms with Crippen LogP contribution >= 0.6 is 11.6 Å². The number of nitrogens with zero attached hydrogens (tertiary/aromatic N) is 2. The average Bonchev–Trinajstić information content (AvgIpc) is 3.13. The van der Waals surface area contributed by atoms with Gasteiger partial charge in [0.2, 0.25) is 11.7 Å². The summed E-state index contributed by atoms with van der Waals surface area (Å²) in [6.07, 6.45) is 3.70. The number of aliphatic imine (C=N–C) groups is 1. The van der Waals surface area contributed by atoms with Crippen LogP contribution in [0.1, 0.15) is 41.9 Å². The van der Waals surface area contributed by atoms with Crippen LogP contribution in [0.15, 0.2) is 65.7 Å². The van der Waals surface area contributed by atoms with Crippen LogP contribution in [0.5, 0.6) is 5.75 Å². The van der Waals surface area contributed by atoms with Gasteiger partial charge < -0.3 is 10.5 Å². The van der Waals surface area contributed by atoms with E-state index in [4.69, 9.17) is 31.9 Å². The van der Waals surface area contributed by atoms with Crippen molar-refractivity contribution in [3.63, 3.8) is 0 Å². The lowest BCUT2D eigenvalue weighted by atomic mass is 9.76. The van der Waals surface area contributed by atoms with E-state index in [1.54, 1.807) is 19.2 Å². The van der Waals surface area contributed by atoms with Gasteiger partial charge in [-0.2, -0.15) is 0 Å². The van der Waals surface area contributed by atoms with E-state index in [1.165, 1.54) is 22.3 Å². The van der Waals surface area contributed by atoms with Crippen molar-refractivity contribution >= 4 is 17.6 Å². The smallest absolute Gasteiger partial charge is 0.221 e. The second kappa shape index (κ2) is 8.00. The first-order valence-corrected chi connectivity index (χ1v) is 11.9. The number of hydrogen-bond acceptors (Lipinski definition) is 5. The summed E-state index contributed by atoms with van der Waals surface area (Å²) in [5.41, 5.74) is 10.4. The maximum absolute atomic E-state index is 13.7. The Morgan fingerprint density at radius 3 is 2.71 bits per heavy atom. The summed E-state index contributed by atoms with van der Waals surface area (Å²) in [5.74, 6) is 0.849. The predicted molar refractivity (Wildman–Crippen MR) is 130 cm³/mol. The Hall–Kier alpha value is -3.09. The Morgan fingerprint density at radius 2 is 1.91 bits per heavy atom. The zero-order valence-electron chi connectivity index (χ0n) is 18.8. The van der Waals surface area contributed by atoms with Gasteiger partial charge in [0.15, 0.2) is 0 Å². The molecule has 3 unspecified atom stereocenters. The molecular weight excluding hydrogens is 453 g/mol. The van der Waals surface area contributed by atoms with E-state index in [0.717, 1.165) is 41.7 Å². The van der Waals surface area contributed by atoms with Gasteiger partial charge in [0.25, 0.3) is 0 Å². The highest BCUT2D eigenvalue weighted by molar-refractivity contribution is 6.31. The zero-order valence-corrected chi connectivity index (χ0v) is 19.6. The number of halogens is 2. The number of ether oxygens (including phenoxy) is 1. The number of hydrogen-bond donors (Lipinski definition) is 1. The van der Waals surface area contributed by atoms with Crippen LogP contribution < -0.4 is 10.5 Å². The molecule has 174 valence electrons. The molecule has 34 heavy (non-hydrogen) atoms. The molecule has 0 amide bonds. The van der Waals surface area contributed by atoms with Gasteiger partial charge in [-0.25, -0.2) is 19.3 Å². The standard InChI is InChI=1S/C27H25ClFN3O2/c1-32-26(30)31-27(34-32)15-25(20-8-4-6-16-5-2-3-7-19(16)20)33-24-12-10-17(13-21(24)27)18-9-11-23(29)22(28)14-18/h2-3,5,7,9-14,20,25H,4,6,8,15H2,1H3,(H2,30,31). The topological polar surface area (TPSA) is 60.1 Å². The van der Waals surface area contributed by atoms with Gasteiger partial charge in [-0.15, -0.1) is 0 Å². The maximum Gasteiger partial charge on any atom is 0.221 e. The fourth-order valence-corrected chi connectivity index (χ4v) is 5.70. The van der Waals surface area contributed by atoms with Crippen LogP contribution in [0.3, 0.4) is 0 Å². The lowest BCUT2D eigenvalue weighted by molar-refractivity contribution is -0.192. The third-order valence-corrected chi connectivity index (χ3v) is 7.47. The van der Waals surface area contributed by atoms with E-state index in [1.807, 2.05) is 18.2 Å². The highest BCUT2D eigenvalue weighted by Gasteiger charge is 2.50. The molecule has 1 spiro atoms. The molecule has 3 aromatic carbocycles. The van der Waals surface area contributed by atoms with Crippen molar-refractivity contribution in [3.05, 3.63) is 88.2 Å². The fraction of sp³-hybridized carbons (Fsp3) is 0.296. The summed E-state index contributed by atoms with van der Waals surface area (Å²) in [4.78, 5) is 11.1. The third-order valence-electron chi connectivity index (χ3n) is 7.18. The number of rotatable bonds is 2. The molecule has 0 radical (unpaired) electrons. The van der Waals surface area contributed by atoms with E-state index < -0.39 is 11.5 Å². The maximum atomic E-state index is 13.7. The number of hydroxylamine groups is 2. The molecule has 3 atom stereocenters. The molecule has 0 saturated heterocycles. The van der Waals surface area contributed by atoms with Crippen molar-refractivity contribution in [2.24, 2.45) is 10.7 Å². The van der Waals surface area contributed by atoms with Crippen molar-refractivity contribution in [1.29, 1.82) is 0 Å². The summed E-state index contributed by atoms with van der Waals surface area (Å²) < 4.78 is 20.4. The summed E-state index contributed by atoms with van der Waals surface area (Å²) in [7, 11) is 1.76. The lowest BCUT2D eigenvalue weighted by Crippen LogP contribution is -2.42. The summed E-state index contributed by atoms with van der Waals surface area (Å²) in [5, 5.41) is 1.60. The van der Waals surface area contributed by atoms with Crippen molar-refractivity contribution in [3.8, 4) is 16.9 Å². The van der Waals surface area contributed by atoms with Gasteiger partial charge >= 0.3 is 0 Å². The Labute approximate surface area is 202 Å². The van der Waals surface area contributed by atoms with Crippen LogP contribution in [-0.2, 0) is 17.0 Å². The molecule has 2 heterocycles. The molecule has 0 fully saturated rings. The molecule has 2 aliphatic heterocycles. The largest absolute Gasteiger partial charge is 0.489 e. The van der Waals surface area contributed by atoms with Gasteiger partial charge in [-0.1, -0.05) is 48.0 Å². The Bertz CT molecular complexity index is 1310. The van der Waals surface area contributed by atoms with Crippen molar-refractivity contribution < 1.29 is 14.0 Å². The van der Waals surface area contributed by atoms with Gasteiger partial charge in [-0.3, -0.25) is 0 Å². The summed E-state index contributed by atoms with van der Waals surface area (Å²) in [6.45, 7) is 0. The highest BCUT2D eigenvalue weighted by Crippen LogP contribution is 2.51. The van der Waals surface area contributed by atoms with Gasteiger partial charge in [-0.05, 0) is 65.8 Å². The molecule has 0 saturated carbocycles. The number of aryl methyl sites for hydroxylation is 1. The van der Waals surface area contributed by atoms with E-state index in [2.05, 4.69) is 24.3 Å². The Morgan fingerprint density at radius 1 is 1.12 bits per heavy atom. The first-order valence-electron chi connectivity index (χ1n) is 11.6. The summed E-state index contributed by atoms with van der Waals surface area (Å²) >= 11 is 6.04. The Kier molecular flexibility index (Phi) is 5.04. The highest BCUT2D eigenvalue weighted by atomic mass is 35.5. The minimum atomic E-state index is -0.983. The first-order chi connectivity index (χ1) is 16.4. The quantitative estimate of drug-likeness (QED) is 0.509. The molecule has 0 bridgehead atoms. The fourth-order valence-electron chi connectivity index (χ4n) is 5.52. The van der Waals surface area contributed by atoms with Crippen LogP contribution in [0, 0.1) is 5.82 Å². The molecule has 3 aliphatic rings. The minimum absolute atomic E-state index is 0.0799. The molecule has 0 aromatic heterocycles. The van der Waals surface area contributed by atoms with Crippen LogP contribution in [0.25, 0.3) is 11.1 Å². The second-order valence-corrected chi connectivity index (χ2v) is 9.65. The normalized spacial score (nSPS) is 25.5. The van der Waals surface area contributed by atoms with Gasteiger partial charge in [0.05, 0.1) is 10.6 Å². The number of benzene rings is 3. The number of fused-ring (bicyclic) bond motifs is 3. The van der Waals surface area contributed by atoms with Crippen molar-refractivity contribution in [1.82, 2.24) is 5.06 Å². The molecule has 3 aromatic rings. The second-order valence-electron chi connectivity index (χ2n) is 9.24. The van der Waals surface area contributed by atoms with Crippen molar-refractivity contribution in [2.45, 2.75) is 43.4 Å². The molecule has 7 heteroatoms. The van der Waals surface area contributed by atoms with Crippen LogP contribution in [0.2, 0.25) is 5.02 Å². The average molecular weight is 478 g/mol. The molecule has 2 N–H and O–H groups in total. The zero-order chi connectivity index (χ0) is 23.4. The van der Waals surface area contributed by atoms with Crippen molar-refractivity contribution in [2.75, 3.05) is 7.05 Å². The van der Waals surface area contributed by atoms with Crippen LogP contribution in [-0.4, -0.2) is 24.2 Å². The van der Waals surface area contributed by atoms with E-state index in [0.29, 0.717) is 12.4 Å². The van der Waals surface area contributed by atoms with E-state index in [-0.39, 0.29) is 17.0 Å². The molecule has 1 aliphatic carbocycles. The number of guanidine groups is 1. The third kappa shape index (κ3) is 3.44. The SMILES string of the molecule is CN1OC2(CC(C3CCCc4ccccc43)Oc3ccc(-c4ccc(F)c(Cl)c4)cc32)N=C1N. The number of nitrogens with two attached hydrogens (primary N) is 1. The van der Waals surface area contributed by atoms with E-state index in [9.17, 15) is 4.39 Å². The molecule has 6 rings (SSSR count). The minimum Gasteiger partial charge on any atom is -0.489 e. The van der Waals surface area contributed by atoms with Gasteiger partial charge in [0.1, 0.15) is 17.7 Å². The predicted octanol–water partition coefficient (Wildman–Crippen LogP) is 5.76.